The number of hydrogen-bond donors (Lipinski definition) is 0. The molecule has 3 rings (SSSR count). The molecule has 1 aliphatic rings. The zero-order chi connectivity index (χ0) is 19.3. The fourth-order valence-electron chi connectivity index (χ4n) is 3.12. The van der Waals surface area contributed by atoms with Gasteiger partial charge in [0.05, 0.1) is 11.8 Å². The van der Waals surface area contributed by atoms with E-state index in [9.17, 15) is 18.0 Å². The molecule has 142 valence electrons. The van der Waals surface area contributed by atoms with Crippen molar-refractivity contribution in [3.8, 4) is 11.4 Å². The fraction of sp³-hybridized carbons (Fsp3) is 0.588. The third-order valence-electron chi connectivity index (χ3n) is 4.81. The Morgan fingerprint density at radius 1 is 1.23 bits per heavy atom. The second-order valence-corrected chi connectivity index (χ2v) is 7.65. The number of alkyl halides is 3. The smallest absolute Gasteiger partial charge is 0.339 e. The third kappa shape index (κ3) is 3.53. The summed E-state index contributed by atoms with van der Waals surface area (Å²) in [5, 5.41) is 3.79. The highest BCUT2D eigenvalue weighted by atomic mass is 19.4. The monoisotopic (exact) mass is 370 g/mol. The van der Waals surface area contributed by atoms with Crippen LogP contribution in [0, 0.1) is 5.92 Å². The molecule has 0 saturated carbocycles. The van der Waals surface area contributed by atoms with Crippen LogP contribution in [0.1, 0.15) is 32.6 Å². The average Bonchev–Trinajstić information content (AvgIpc) is 3.14. The fourth-order valence-corrected chi connectivity index (χ4v) is 3.12. The van der Waals surface area contributed by atoms with Crippen LogP contribution in [0.5, 0.6) is 0 Å². The van der Waals surface area contributed by atoms with Crippen molar-refractivity contribution in [1.29, 1.82) is 0 Å². The van der Waals surface area contributed by atoms with Crippen LogP contribution in [0.4, 0.5) is 13.2 Å². The molecule has 0 amide bonds. The first-order valence-corrected chi connectivity index (χ1v) is 8.29. The molecule has 6 nitrogen and oxygen atoms in total. The summed E-state index contributed by atoms with van der Waals surface area (Å²) >= 11 is 0. The van der Waals surface area contributed by atoms with Crippen LogP contribution in [-0.2, 0) is 7.05 Å². The van der Waals surface area contributed by atoms with E-state index in [0.717, 1.165) is 0 Å². The van der Waals surface area contributed by atoms with E-state index in [0.29, 0.717) is 5.56 Å². The molecule has 9 heteroatoms. The van der Waals surface area contributed by atoms with Crippen molar-refractivity contribution in [2.75, 3.05) is 13.1 Å². The molecule has 26 heavy (non-hydrogen) atoms. The molecule has 1 aliphatic heterocycles. The molecule has 0 aliphatic carbocycles. The number of hydrogen-bond acceptors (Lipinski definition) is 5. The van der Waals surface area contributed by atoms with E-state index in [1.54, 1.807) is 24.2 Å². The van der Waals surface area contributed by atoms with E-state index < -0.39 is 23.6 Å². The maximum absolute atomic E-state index is 13.5. The van der Waals surface area contributed by atoms with Gasteiger partial charge in [0.25, 0.3) is 5.56 Å². The summed E-state index contributed by atoms with van der Waals surface area (Å²) in [5.41, 5.74) is -0.244. The van der Waals surface area contributed by atoms with Gasteiger partial charge in [-0.1, -0.05) is 5.16 Å². The Kier molecular flexibility index (Phi) is 4.46. The Bertz CT molecular complexity index is 851. The van der Waals surface area contributed by atoms with Gasteiger partial charge in [0.1, 0.15) is 0 Å². The van der Waals surface area contributed by atoms with E-state index in [1.165, 1.54) is 10.6 Å². The molecule has 3 heterocycles. The van der Waals surface area contributed by atoms with Gasteiger partial charge < -0.3 is 9.09 Å². The Hall–Kier alpha value is -2.16. The minimum absolute atomic E-state index is 0.0465. The van der Waals surface area contributed by atoms with Gasteiger partial charge >= 0.3 is 6.18 Å². The van der Waals surface area contributed by atoms with E-state index in [-0.39, 0.29) is 30.4 Å². The van der Waals surface area contributed by atoms with Crippen LogP contribution >= 0.6 is 0 Å². The molecule has 2 aromatic heterocycles. The standard InChI is InChI=1S/C17H21F3N4O2/c1-16(2,3)24-8-11(12(9-24)17(18,19)20)15-21-14(22-26-15)10-5-6-23(4)13(25)7-10/h5-7,11-12H,8-9H2,1-4H3/t11-,12-/m1/s1. The molecular formula is C17H21F3N4O2. The molecule has 0 radical (unpaired) electrons. The Morgan fingerprint density at radius 2 is 1.92 bits per heavy atom. The van der Waals surface area contributed by atoms with Gasteiger partial charge in [-0.15, -0.1) is 0 Å². The number of nitrogens with zero attached hydrogens (tertiary/aromatic N) is 4. The van der Waals surface area contributed by atoms with Crippen molar-refractivity contribution < 1.29 is 17.7 Å². The van der Waals surface area contributed by atoms with Crippen LogP contribution in [0.25, 0.3) is 11.4 Å². The average molecular weight is 370 g/mol. The molecule has 0 unspecified atom stereocenters. The minimum Gasteiger partial charge on any atom is -0.339 e. The lowest BCUT2D eigenvalue weighted by molar-refractivity contribution is -0.176. The van der Waals surface area contributed by atoms with Gasteiger partial charge in [-0.25, -0.2) is 0 Å². The normalized spacial score (nSPS) is 22.1. The zero-order valence-corrected chi connectivity index (χ0v) is 15.0. The lowest BCUT2D eigenvalue weighted by Crippen LogP contribution is -2.40. The van der Waals surface area contributed by atoms with Gasteiger partial charge in [-0.05, 0) is 26.8 Å². The van der Waals surface area contributed by atoms with E-state index in [1.807, 2.05) is 20.8 Å². The van der Waals surface area contributed by atoms with Gasteiger partial charge in [-0.3, -0.25) is 9.69 Å². The van der Waals surface area contributed by atoms with Crippen LogP contribution in [0.2, 0.25) is 0 Å². The van der Waals surface area contributed by atoms with Gasteiger partial charge in [-0.2, -0.15) is 18.2 Å². The summed E-state index contributed by atoms with van der Waals surface area (Å²) in [5.74, 6) is -2.43. The van der Waals surface area contributed by atoms with Crippen molar-refractivity contribution >= 4 is 0 Å². The molecule has 2 aromatic rings. The second kappa shape index (κ2) is 6.22. The molecule has 0 aromatic carbocycles. The minimum atomic E-state index is -4.36. The predicted molar refractivity (Wildman–Crippen MR) is 88.6 cm³/mol. The summed E-state index contributed by atoms with van der Waals surface area (Å²) in [6.45, 7) is 5.71. The van der Waals surface area contributed by atoms with Gasteiger partial charge in [0, 0.05) is 43.5 Å². The quantitative estimate of drug-likeness (QED) is 0.813. The summed E-state index contributed by atoms with van der Waals surface area (Å²) in [7, 11) is 1.60. The molecule has 0 spiro atoms. The first-order valence-electron chi connectivity index (χ1n) is 8.29. The highest BCUT2D eigenvalue weighted by Crippen LogP contribution is 2.44. The maximum atomic E-state index is 13.5. The van der Waals surface area contributed by atoms with Crippen LogP contribution in [0.15, 0.2) is 27.6 Å². The summed E-state index contributed by atoms with van der Waals surface area (Å²) < 4.78 is 47.1. The lowest BCUT2D eigenvalue weighted by Gasteiger charge is -2.31. The van der Waals surface area contributed by atoms with Gasteiger partial charge in [0.15, 0.2) is 0 Å². The zero-order valence-electron chi connectivity index (χ0n) is 15.0. The number of aryl methyl sites for hydroxylation is 1. The number of halogens is 3. The SMILES string of the molecule is Cn1ccc(-c2noc([C@@H]3CN(C(C)(C)C)C[C@H]3C(F)(F)F)n2)cc1=O. The highest BCUT2D eigenvalue weighted by molar-refractivity contribution is 5.52. The summed E-state index contributed by atoms with van der Waals surface area (Å²) in [6, 6.07) is 2.94. The first kappa shape index (κ1) is 18.6. The lowest BCUT2D eigenvalue weighted by atomic mass is 9.95. The van der Waals surface area contributed by atoms with Crippen molar-refractivity contribution in [3.05, 3.63) is 34.6 Å². The molecule has 1 saturated heterocycles. The second-order valence-electron chi connectivity index (χ2n) is 7.65. The van der Waals surface area contributed by atoms with Crippen molar-refractivity contribution in [2.45, 2.75) is 38.4 Å². The molecular weight excluding hydrogens is 349 g/mol. The number of likely N-dealkylation sites (tertiary alicyclic amines) is 1. The van der Waals surface area contributed by atoms with E-state index in [4.69, 9.17) is 4.52 Å². The largest absolute Gasteiger partial charge is 0.393 e. The highest BCUT2D eigenvalue weighted by Gasteiger charge is 2.53. The van der Waals surface area contributed by atoms with Crippen molar-refractivity contribution in [3.63, 3.8) is 0 Å². The van der Waals surface area contributed by atoms with E-state index >= 15 is 0 Å². The van der Waals surface area contributed by atoms with Crippen molar-refractivity contribution in [2.24, 2.45) is 13.0 Å². The molecule has 0 N–H and O–H groups in total. The van der Waals surface area contributed by atoms with Crippen LogP contribution in [-0.4, -0.2) is 44.4 Å². The van der Waals surface area contributed by atoms with Crippen molar-refractivity contribution in [1.82, 2.24) is 19.6 Å². The third-order valence-corrected chi connectivity index (χ3v) is 4.81. The predicted octanol–water partition coefficient (Wildman–Crippen LogP) is 2.81. The number of pyridine rings is 1. The maximum Gasteiger partial charge on any atom is 0.393 e. The topological polar surface area (TPSA) is 64.2 Å². The summed E-state index contributed by atoms with van der Waals surface area (Å²) in [6.07, 6.45) is -2.81. The number of aromatic nitrogens is 3. The van der Waals surface area contributed by atoms with Gasteiger partial charge in [0.2, 0.25) is 11.7 Å². The molecule has 0 bridgehead atoms. The molecule has 1 fully saturated rings. The van der Waals surface area contributed by atoms with Crippen LogP contribution < -0.4 is 5.56 Å². The van der Waals surface area contributed by atoms with E-state index in [2.05, 4.69) is 10.1 Å². The Balaban J connectivity index is 1.93. The summed E-state index contributed by atoms with van der Waals surface area (Å²) in [4.78, 5) is 17.7. The number of rotatable bonds is 2. The Morgan fingerprint density at radius 3 is 2.50 bits per heavy atom. The molecule has 2 atom stereocenters. The Labute approximate surface area is 148 Å². The first-order chi connectivity index (χ1) is 12.0. The van der Waals surface area contributed by atoms with Crippen LogP contribution in [0.3, 0.4) is 0 Å².